The van der Waals surface area contributed by atoms with Gasteiger partial charge in [0.2, 0.25) is 11.8 Å². The van der Waals surface area contributed by atoms with Crippen molar-refractivity contribution in [2.75, 3.05) is 14.2 Å². The van der Waals surface area contributed by atoms with Gasteiger partial charge < -0.3 is 20.1 Å². The molecule has 106 valence electrons. The first-order valence-corrected chi connectivity index (χ1v) is 5.99. The fourth-order valence-corrected chi connectivity index (χ4v) is 1.13. The van der Waals surface area contributed by atoms with Crippen LogP contribution < -0.4 is 10.6 Å². The lowest BCUT2D eigenvalue weighted by Crippen LogP contribution is -2.54. The molecule has 6 heteroatoms. The minimum absolute atomic E-state index is 0.164. The summed E-state index contributed by atoms with van der Waals surface area (Å²) in [5.74, 6) is -0.660. The van der Waals surface area contributed by atoms with Gasteiger partial charge in [0.25, 0.3) is 0 Å². The van der Waals surface area contributed by atoms with Crippen molar-refractivity contribution in [1.82, 2.24) is 10.6 Å². The van der Waals surface area contributed by atoms with Gasteiger partial charge in [-0.05, 0) is 0 Å². The first-order valence-electron chi connectivity index (χ1n) is 5.99. The van der Waals surface area contributed by atoms with Crippen LogP contribution in [0.3, 0.4) is 0 Å². The van der Waals surface area contributed by atoms with Gasteiger partial charge in [-0.2, -0.15) is 0 Å². The van der Waals surface area contributed by atoms with Crippen molar-refractivity contribution >= 4 is 11.8 Å². The molecule has 2 amide bonds. The van der Waals surface area contributed by atoms with Gasteiger partial charge in [-0.25, -0.2) is 0 Å². The van der Waals surface area contributed by atoms with Gasteiger partial charge in [0.1, 0.15) is 0 Å². The van der Waals surface area contributed by atoms with Gasteiger partial charge in [-0.15, -0.1) is 0 Å². The highest BCUT2D eigenvalue weighted by molar-refractivity contribution is 5.79. The summed E-state index contributed by atoms with van der Waals surface area (Å²) < 4.78 is 10.3. The van der Waals surface area contributed by atoms with Crippen LogP contribution in [0.4, 0.5) is 0 Å². The molecular formula is C12H24N2O4. The van der Waals surface area contributed by atoms with Crippen molar-refractivity contribution in [1.29, 1.82) is 0 Å². The number of nitrogens with one attached hydrogen (secondary N) is 2. The maximum absolute atomic E-state index is 11.6. The minimum atomic E-state index is -0.715. The maximum Gasteiger partial charge on any atom is 0.224 e. The largest absolute Gasteiger partial charge is 0.357 e. The average Bonchev–Trinajstić information content (AvgIpc) is 2.32. The monoisotopic (exact) mass is 260 g/mol. The molecule has 0 heterocycles. The van der Waals surface area contributed by atoms with Crippen LogP contribution in [0.25, 0.3) is 0 Å². The van der Waals surface area contributed by atoms with Crippen LogP contribution in [0.1, 0.15) is 27.7 Å². The van der Waals surface area contributed by atoms with E-state index in [9.17, 15) is 9.59 Å². The Kier molecular flexibility index (Phi) is 7.54. The quantitative estimate of drug-likeness (QED) is 0.653. The van der Waals surface area contributed by atoms with Crippen LogP contribution >= 0.6 is 0 Å². The van der Waals surface area contributed by atoms with E-state index in [-0.39, 0.29) is 23.7 Å². The molecule has 0 aliphatic rings. The topological polar surface area (TPSA) is 76.7 Å². The molecule has 0 saturated carbocycles. The molecule has 0 spiro atoms. The Morgan fingerprint density at radius 2 is 1.06 bits per heavy atom. The second-order valence-electron chi connectivity index (χ2n) is 4.64. The van der Waals surface area contributed by atoms with Crippen LogP contribution in [0.2, 0.25) is 0 Å². The number of carbonyl (C=O) groups excluding carboxylic acids is 2. The summed E-state index contributed by atoms with van der Waals surface area (Å²) in [7, 11) is 2.89. The molecule has 0 fully saturated rings. The lowest BCUT2D eigenvalue weighted by molar-refractivity contribution is -0.141. The van der Waals surface area contributed by atoms with Crippen LogP contribution in [-0.2, 0) is 19.1 Å². The first-order chi connectivity index (χ1) is 8.33. The third-order valence-electron chi connectivity index (χ3n) is 2.40. The summed E-state index contributed by atoms with van der Waals surface area (Å²) in [6.45, 7) is 7.10. The summed E-state index contributed by atoms with van der Waals surface area (Å²) in [5, 5.41) is 5.32. The van der Waals surface area contributed by atoms with Crippen molar-refractivity contribution in [3.8, 4) is 0 Å². The molecule has 0 aliphatic heterocycles. The Labute approximate surface area is 108 Å². The van der Waals surface area contributed by atoms with Gasteiger partial charge in [0, 0.05) is 26.1 Å². The number of ether oxygens (including phenoxy) is 2. The van der Waals surface area contributed by atoms with Crippen molar-refractivity contribution in [3.63, 3.8) is 0 Å². The first kappa shape index (κ1) is 16.9. The van der Waals surface area contributed by atoms with Gasteiger partial charge in [0.05, 0.1) is 0 Å². The predicted molar refractivity (Wildman–Crippen MR) is 67.6 cm³/mol. The van der Waals surface area contributed by atoms with E-state index in [1.807, 2.05) is 0 Å². The molecular weight excluding hydrogens is 236 g/mol. The highest BCUT2D eigenvalue weighted by atomic mass is 16.5. The summed E-state index contributed by atoms with van der Waals surface area (Å²) in [6, 6.07) is 0. The van der Waals surface area contributed by atoms with Crippen molar-refractivity contribution in [3.05, 3.63) is 0 Å². The SMILES string of the molecule is COC(NC(=O)C(C)C)C(NC(=O)C(C)C)OC. The molecule has 18 heavy (non-hydrogen) atoms. The third-order valence-corrected chi connectivity index (χ3v) is 2.40. The van der Waals surface area contributed by atoms with Gasteiger partial charge in [-0.1, -0.05) is 27.7 Å². The molecule has 0 aromatic heterocycles. The number of rotatable bonds is 7. The van der Waals surface area contributed by atoms with Crippen LogP contribution in [0.5, 0.6) is 0 Å². The number of amides is 2. The van der Waals surface area contributed by atoms with E-state index in [1.54, 1.807) is 27.7 Å². The normalized spacial score (nSPS) is 14.4. The summed E-state index contributed by atoms with van der Waals surface area (Å²) >= 11 is 0. The molecule has 0 saturated heterocycles. The van der Waals surface area contributed by atoms with Crippen LogP contribution in [0.15, 0.2) is 0 Å². The average molecular weight is 260 g/mol. The Morgan fingerprint density at radius 3 is 1.22 bits per heavy atom. The number of hydrogen-bond acceptors (Lipinski definition) is 4. The Hall–Kier alpha value is -1.14. The summed E-state index contributed by atoms with van der Waals surface area (Å²) in [6.07, 6.45) is -1.43. The van der Waals surface area contributed by atoms with Gasteiger partial charge in [0.15, 0.2) is 12.5 Å². The van der Waals surface area contributed by atoms with E-state index in [0.717, 1.165) is 0 Å². The number of methoxy groups -OCH3 is 2. The van der Waals surface area contributed by atoms with Gasteiger partial charge >= 0.3 is 0 Å². The lowest BCUT2D eigenvalue weighted by atomic mass is 10.2. The fraction of sp³-hybridized carbons (Fsp3) is 0.833. The summed E-state index contributed by atoms with van der Waals surface area (Å²) in [4.78, 5) is 23.2. The van der Waals surface area contributed by atoms with E-state index in [0.29, 0.717) is 0 Å². The Bertz CT molecular complexity index is 251. The van der Waals surface area contributed by atoms with E-state index in [4.69, 9.17) is 9.47 Å². The predicted octanol–water partition coefficient (Wildman–Crippen LogP) is 0.476. The highest BCUT2D eigenvalue weighted by Gasteiger charge is 2.26. The second kappa shape index (κ2) is 8.05. The Morgan fingerprint density at radius 1 is 0.778 bits per heavy atom. The van der Waals surface area contributed by atoms with Crippen molar-refractivity contribution in [2.24, 2.45) is 11.8 Å². The third kappa shape index (κ3) is 5.46. The smallest absolute Gasteiger partial charge is 0.224 e. The molecule has 0 aromatic rings. The highest BCUT2D eigenvalue weighted by Crippen LogP contribution is 2.02. The molecule has 0 bridgehead atoms. The van der Waals surface area contributed by atoms with Gasteiger partial charge in [-0.3, -0.25) is 9.59 Å². The lowest BCUT2D eigenvalue weighted by Gasteiger charge is -2.27. The van der Waals surface area contributed by atoms with Crippen LogP contribution in [0, 0.1) is 11.8 Å². The molecule has 0 radical (unpaired) electrons. The molecule has 2 atom stereocenters. The molecule has 6 nitrogen and oxygen atoms in total. The molecule has 0 aromatic carbocycles. The van der Waals surface area contributed by atoms with E-state index >= 15 is 0 Å². The summed E-state index contributed by atoms with van der Waals surface area (Å²) in [5.41, 5.74) is 0. The zero-order valence-electron chi connectivity index (χ0n) is 11.9. The van der Waals surface area contributed by atoms with Crippen molar-refractivity contribution in [2.45, 2.75) is 40.2 Å². The zero-order chi connectivity index (χ0) is 14.3. The maximum atomic E-state index is 11.6. The standard InChI is InChI=1S/C12H24N2O4/c1-7(2)9(15)13-11(17-5)12(18-6)14-10(16)8(3)4/h7-8,11-12H,1-6H3,(H,13,15)(H,14,16). The van der Waals surface area contributed by atoms with E-state index in [1.165, 1.54) is 14.2 Å². The van der Waals surface area contributed by atoms with Crippen LogP contribution in [-0.4, -0.2) is 38.5 Å². The van der Waals surface area contributed by atoms with E-state index in [2.05, 4.69) is 10.6 Å². The number of carbonyl (C=O) groups is 2. The zero-order valence-corrected chi connectivity index (χ0v) is 11.9. The van der Waals surface area contributed by atoms with E-state index < -0.39 is 12.5 Å². The number of hydrogen-bond donors (Lipinski definition) is 2. The molecule has 2 unspecified atom stereocenters. The molecule has 0 rings (SSSR count). The second-order valence-corrected chi connectivity index (χ2v) is 4.64. The van der Waals surface area contributed by atoms with Crippen molar-refractivity contribution < 1.29 is 19.1 Å². The molecule has 0 aliphatic carbocycles. The Balaban J connectivity index is 4.57. The minimum Gasteiger partial charge on any atom is -0.357 e. The fourth-order valence-electron chi connectivity index (χ4n) is 1.13. The molecule has 2 N–H and O–H groups in total.